The Labute approximate surface area is 840 Å². The molecule has 6 heteroatoms. The summed E-state index contributed by atoms with van der Waals surface area (Å²) < 4.78 is 4.73. The second kappa shape index (κ2) is 39.8. The highest BCUT2D eigenvalue weighted by atomic mass is 15.2. The average Bonchev–Trinajstić information content (AvgIpc) is 1.60. The number of hydrogen-bond acceptors (Lipinski definition) is 4. The molecular weight excluding hydrogens is 1740 g/mol. The predicted octanol–water partition coefficient (Wildman–Crippen LogP) is 38.4. The molecular formula is C138H98N6. The number of anilines is 12. The van der Waals surface area contributed by atoms with Gasteiger partial charge in [-0.1, -0.05) is 400 Å². The molecule has 0 saturated carbocycles. The molecule has 0 spiro atoms. The molecule has 0 radical (unpaired) electrons. The second-order valence-electron chi connectivity index (χ2n) is 36.4. The normalized spacial score (nSPS) is 11.2. The minimum absolute atomic E-state index is 1.08. The van der Waals surface area contributed by atoms with Gasteiger partial charge in [-0.05, 0) is 294 Å². The second-order valence-corrected chi connectivity index (χ2v) is 36.4. The molecule has 0 fully saturated rings. The molecule has 2 aromatic heterocycles. The van der Waals surface area contributed by atoms with Crippen molar-refractivity contribution in [1.29, 1.82) is 0 Å². The maximum Gasteiger partial charge on any atom is 0.0541 e. The van der Waals surface area contributed by atoms with E-state index in [4.69, 9.17) is 0 Å². The van der Waals surface area contributed by atoms with Gasteiger partial charge in [0.15, 0.2) is 0 Å². The summed E-state index contributed by atoms with van der Waals surface area (Å²) in [4.78, 5) is 9.25. The summed E-state index contributed by atoms with van der Waals surface area (Å²) >= 11 is 0. The fourth-order valence-electron chi connectivity index (χ4n) is 20.4. The summed E-state index contributed by atoms with van der Waals surface area (Å²) in [6.07, 6.45) is 0. The number of hydrogen-bond donors (Lipinski definition) is 0. The number of benzene rings is 23. The van der Waals surface area contributed by atoms with Crippen LogP contribution < -0.4 is 19.6 Å². The Bertz CT molecular complexity index is 8050. The van der Waals surface area contributed by atoms with Crippen LogP contribution in [0.3, 0.4) is 0 Å². The van der Waals surface area contributed by atoms with Gasteiger partial charge in [0.2, 0.25) is 0 Å². The number of rotatable bonds is 23. The zero-order valence-electron chi connectivity index (χ0n) is 79.3. The van der Waals surface area contributed by atoms with Gasteiger partial charge in [-0.25, -0.2) is 0 Å². The molecule has 25 aromatic rings. The Morgan fingerprint density at radius 1 is 0.0903 bits per heavy atom. The fourth-order valence-corrected chi connectivity index (χ4v) is 20.4. The maximum absolute atomic E-state index is 2.36. The SMILES string of the molecule is c1ccc(-c2ccc(N(c3ccc(-c4ccc(-c5ccc(N(c6ccccc6)c6ccccc6)cc5)cc4)cc3)c3ccc(-c4ccc(-c5ccc(N(c6ccccc6)c6ccccc6)cc5)cc4)cc3)cc2)cc1.c1ccc(N(c2ccc(-c3ccc(-c4ccc(-n5c6ccccc6c6ccccc65)cc4)cc3)cc2)c2ccc(-c3ccc(-c4ccc(-n5c6ccccc6c6ccccc65)cc4)cc3)cc2)cc1. The lowest BCUT2D eigenvalue weighted by atomic mass is 9.99. The van der Waals surface area contributed by atoms with Crippen LogP contribution in [0.15, 0.2) is 595 Å². The number of aromatic nitrogens is 2. The van der Waals surface area contributed by atoms with Gasteiger partial charge in [0.25, 0.3) is 0 Å². The third kappa shape index (κ3) is 17.9. The molecule has 0 saturated heterocycles. The first-order chi connectivity index (χ1) is 71.4. The van der Waals surface area contributed by atoms with E-state index in [1.165, 1.54) is 133 Å². The van der Waals surface area contributed by atoms with E-state index in [-0.39, 0.29) is 0 Å². The van der Waals surface area contributed by atoms with Crippen molar-refractivity contribution in [2.24, 2.45) is 0 Å². The summed E-state index contributed by atoms with van der Waals surface area (Å²) in [6, 6.07) is 214. The van der Waals surface area contributed by atoms with Gasteiger partial charge in [0, 0.05) is 101 Å². The molecule has 0 amide bonds. The van der Waals surface area contributed by atoms with Crippen molar-refractivity contribution < 1.29 is 0 Å². The lowest BCUT2D eigenvalue weighted by Gasteiger charge is -2.26. The van der Waals surface area contributed by atoms with E-state index >= 15 is 0 Å². The molecule has 0 aliphatic heterocycles. The van der Waals surface area contributed by atoms with E-state index in [1.54, 1.807) is 0 Å². The molecule has 0 aliphatic rings. The Hall–Kier alpha value is -19.1. The van der Waals surface area contributed by atoms with Crippen LogP contribution in [0.4, 0.5) is 68.2 Å². The van der Waals surface area contributed by atoms with Gasteiger partial charge in [0.05, 0.1) is 22.1 Å². The Kier molecular flexibility index (Phi) is 24.2. The van der Waals surface area contributed by atoms with E-state index in [1.807, 2.05) is 0 Å². The first-order valence-electron chi connectivity index (χ1n) is 49.2. The topological polar surface area (TPSA) is 22.8 Å². The number of fused-ring (bicyclic) bond motifs is 6. The van der Waals surface area contributed by atoms with Crippen molar-refractivity contribution in [2.75, 3.05) is 19.6 Å². The van der Waals surface area contributed by atoms with E-state index in [2.05, 4.69) is 623 Å². The smallest absolute Gasteiger partial charge is 0.0541 e. The molecule has 25 rings (SSSR count). The van der Waals surface area contributed by atoms with Gasteiger partial charge < -0.3 is 28.7 Å². The van der Waals surface area contributed by atoms with E-state index in [9.17, 15) is 0 Å². The first-order valence-corrected chi connectivity index (χ1v) is 49.2. The summed E-state index contributed by atoms with van der Waals surface area (Å²) in [5.41, 5.74) is 41.8. The standard InChI is InChI=1S/C72H53N3.C66H45N3/c1-6-16-54(17-7-1)59-34-44-70(45-35-59)75(71-50-40-62(41-51-71)57-30-26-55(27-31-57)60-36-46-68(47-37-60)73(64-18-8-2-9-19-64)65-20-10-3-11-21-65)72-52-42-63(43-53-72)58-32-28-56(29-33-58)61-38-48-69(49-39-61)74(66-22-12-4-13-23-66)67-24-14-5-15-25-67;1-2-12-54(13-3-1)67(55-38-30-50(31-39-55)46-22-26-48(27-23-46)52-34-42-57(43-35-52)68-63-18-8-4-14-59(63)60-15-5-9-19-64(60)68)56-40-32-51(33-41-56)47-24-28-49(29-25-47)53-36-44-58(45-37-53)69-65-20-10-6-16-61(65)62-17-7-11-21-66(62)69/h1-53H;1-45H. The lowest BCUT2D eigenvalue weighted by Crippen LogP contribution is -2.09. The summed E-state index contributed by atoms with van der Waals surface area (Å²) in [6.45, 7) is 0. The molecule has 0 N–H and O–H groups in total. The van der Waals surface area contributed by atoms with Crippen LogP contribution in [0.5, 0.6) is 0 Å². The molecule has 144 heavy (non-hydrogen) atoms. The molecule has 0 bridgehead atoms. The lowest BCUT2D eigenvalue weighted by molar-refractivity contribution is 1.18. The summed E-state index contributed by atoms with van der Waals surface area (Å²) in [5.74, 6) is 0. The van der Waals surface area contributed by atoms with Crippen LogP contribution in [-0.2, 0) is 0 Å². The van der Waals surface area contributed by atoms with Crippen molar-refractivity contribution in [3.8, 4) is 112 Å². The largest absolute Gasteiger partial charge is 0.311 e. The van der Waals surface area contributed by atoms with Gasteiger partial charge in [-0.2, -0.15) is 0 Å². The van der Waals surface area contributed by atoms with Gasteiger partial charge in [-0.15, -0.1) is 0 Å². The molecule has 6 nitrogen and oxygen atoms in total. The van der Waals surface area contributed by atoms with Crippen LogP contribution in [0.25, 0.3) is 155 Å². The van der Waals surface area contributed by atoms with Crippen molar-refractivity contribution in [3.63, 3.8) is 0 Å². The van der Waals surface area contributed by atoms with E-state index < -0.39 is 0 Å². The predicted molar refractivity (Wildman–Crippen MR) is 609 cm³/mol. The molecule has 0 unspecified atom stereocenters. The molecule has 0 atom stereocenters. The monoisotopic (exact) mass is 1840 g/mol. The summed E-state index contributed by atoms with van der Waals surface area (Å²) in [7, 11) is 0. The van der Waals surface area contributed by atoms with E-state index in [0.717, 1.165) is 90.8 Å². The van der Waals surface area contributed by atoms with Gasteiger partial charge in [0.1, 0.15) is 0 Å². The van der Waals surface area contributed by atoms with Crippen molar-refractivity contribution in [3.05, 3.63) is 595 Å². The van der Waals surface area contributed by atoms with E-state index in [0.29, 0.717) is 0 Å². The average molecular weight is 1840 g/mol. The van der Waals surface area contributed by atoms with Crippen LogP contribution in [0.2, 0.25) is 0 Å². The Morgan fingerprint density at radius 2 is 0.201 bits per heavy atom. The number of nitrogens with zero attached hydrogens (tertiary/aromatic N) is 6. The van der Waals surface area contributed by atoms with Crippen molar-refractivity contribution >= 4 is 112 Å². The Balaban J connectivity index is 0.000000155. The first kappa shape index (κ1) is 87.6. The molecule has 0 aliphatic carbocycles. The van der Waals surface area contributed by atoms with Crippen LogP contribution >= 0.6 is 0 Å². The Morgan fingerprint density at radius 3 is 0.361 bits per heavy atom. The number of para-hydroxylation sites is 9. The highest BCUT2D eigenvalue weighted by molar-refractivity contribution is 6.10. The van der Waals surface area contributed by atoms with Crippen LogP contribution in [-0.4, -0.2) is 9.13 Å². The fraction of sp³-hybridized carbons (Fsp3) is 0. The minimum Gasteiger partial charge on any atom is -0.311 e. The molecule has 2 heterocycles. The maximum atomic E-state index is 2.36. The van der Waals surface area contributed by atoms with Crippen LogP contribution in [0, 0.1) is 0 Å². The third-order valence-electron chi connectivity index (χ3n) is 27.7. The van der Waals surface area contributed by atoms with Crippen molar-refractivity contribution in [2.45, 2.75) is 0 Å². The quantitative estimate of drug-likeness (QED) is 0.0637. The third-order valence-corrected chi connectivity index (χ3v) is 27.7. The molecule has 680 valence electrons. The zero-order chi connectivity index (χ0) is 95.9. The van der Waals surface area contributed by atoms with Gasteiger partial charge >= 0.3 is 0 Å². The highest BCUT2D eigenvalue weighted by Gasteiger charge is 2.22. The highest BCUT2D eigenvalue weighted by Crippen LogP contribution is 2.45. The summed E-state index contributed by atoms with van der Waals surface area (Å²) in [5, 5.41) is 5.10. The van der Waals surface area contributed by atoms with Gasteiger partial charge in [-0.3, -0.25) is 0 Å². The minimum atomic E-state index is 1.08. The zero-order valence-corrected chi connectivity index (χ0v) is 79.3. The van der Waals surface area contributed by atoms with Crippen LogP contribution in [0.1, 0.15) is 0 Å². The molecule has 23 aromatic carbocycles. The van der Waals surface area contributed by atoms with Crippen molar-refractivity contribution in [1.82, 2.24) is 9.13 Å².